The van der Waals surface area contributed by atoms with Crippen molar-refractivity contribution >= 4 is 5.91 Å². The van der Waals surface area contributed by atoms with Crippen LogP contribution >= 0.6 is 0 Å². The molecular weight excluding hydrogens is 264 g/mol. The Morgan fingerprint density at radius 3 is 2.10 bits per heavy atom. The molecule has 0 radical (unpaired) electrons. The summed E-state index contributed by atoms with van der Waals surface area (Å²) in [7, 11) is 4.17. The number of hydrogen-bond donors (Lipinski definition) is 2. The van der Waals surface area contributed by atoms with Crippen LogP contribution in [0.1, 0.15) is 41.0 Å². The Morgan fingerprint density at radius 1 is 1.14 bits per heavy atom. The summed E-state index contributed by atoms with van der Waals surface area (Å²) in [5, 5.41) is 3.32. The molecular formula is C16H36N4O. The van der Waals surface area contributed by atoms with Crippen LogP contribution in [0.15, 0.2) is 0 Å². The minimum Gasteiger partial charge on any atom is -0.368 e. The fraction of sp³-hybridized carbons (Fsp3) is 0.938. The molecule has 126 valence electrons. The molecule has 0 saturated heterocycles. The van der Waals surface area contributed by atoms with Gasteiger partial charge in [-0.2, -0.15) is 0 Å². The van der Waals surface area contributed by atoms with E-state index in [0.29, 0.717) is 5.92 Å². The lowest BCUT2D eigenvalue weighted by Gasteiger charge is -2.33. The smallest absolute Gasteiger partial charge is 0.237 e. The number of nitrogens with one attached hydrogen (secondary N) is 1. The molecule has 5 heteroatoms. The average Bonchev–Trinajstić information content (AvgIpc) is 2.30. The van der Waals surface area contributed by atoms with Crippen LogP contribution in [-0.4, -0.2) is 67.6 Å². The minimum atomic E-state index is -0.637. The molecule has 0 fully saturated rings. The Hall–Kier alpha value is -0.650. The topological polar surface area (TPSA) is 61.6 Å². The predicted molar refractivity (Wildman–Crippen MR) is 90.3 cm³/mol. The van der Waals surface area contributed by atoms with Gasteiger partial charge in [-0.05, 0) is 47.2 Å². The molecule has 0 aliphatic carbocycles. The predicted octanol–water partition coefficient (Wildman–Crippen LogP) is 1.14. The number of nitrogens with two attached hydrogens (primary N) is 1. The van der Waals surface area contributed by atoms with Gasteiger partial charge in [0.05, 0.1) is 5.54 Å². The van der Waals surface area contributed by atoms with Gasteiger partial charge < -0.3 is 20.9 Å². The quantitative estimate of drug-likeness (QED) is 0.601. The molecule has 5 nitrogen and oxygen atoms in total. The Kier molecular flexibility index (Phi) is 9.09. The maximum absolute atomic E-state index is 11.8. The van der Waals surface area contributed by atoms with E-state index >= 15 is 0 Å². The van der Waals surface area contributed by atoms with E-state index < -0.39 is 5.54 Å². The number of carbonyl (C=O) groups excluding carboxylic acids is 1. The number of rotatable bonds is 11. The molecule has 1 unspecified atom stereocenters. The summed E-state index contributed by atoms with van der Waals surface area (Å²) in [6.07, 6.45) is 0.737. The van der Waals surface area contributed by atoms with E-state index in [2.05, 4.69) is 43.1 Å². The highest BCUT2D eigenvalue weighted by Crippen LogP contribution is 2.12. The van der Waals surface area contributed by atoms with Crippen molar-refractivity contribution in [1.82, 2.24) is 15.1 Å². The SMILES string of the molecule is CC(C)CN(CCN(C)C)CCC(C)(NC(C)C)C(N)=O. The van der Waals surface area contributed by atoms with Crippen molar-refractivity contribution in [3.05, 3.63) is 0 Å². The first kappa shape index (κ1) is 20.3. The maximum Gasteiger partial charge on any atom is 0.237 e. The summed E-state index contributed by atoms with van der Waals surface area (Å²) in [6.45, 7) is 14.4. The normalized spacial score (nSPS) is 15.2. The Labute approximate surface area is 131 Å². The van der Waals surface area contributed by atoms with Gasteiger partial charge in [0.1, 0.15) is 0 Å². The first-order valence-electron chi connectivity index (χ1n) is 8.01. The van der Waals surface area contributed by atoms with Gasteiger partial charge in [-0.15, -0.1) is 0 Å². The largest absolute Gasteiger partial charge is 0.368 e. The molecule has 3 N–H and O–H groups in total. The lowest BCUT2D eigenvalue weighted by atomic mass is 9.95. The van der Waals surface area contributed by atoms with Crippen molar-refractivity contribution in [1.29, 1.82) is 0 Å². The molecule has 0 bridgehead atoms. The molecule has 1 atom stereocenters. The zero-order valence-electron chi connectivity index (χ0n) is 15.1. The monoisotopic (exact) mass is 300 g/mol. The molecule has 0 aromatic carbocycles. The standard InChI is InChI=1S/C16H36N4O/c1-13(2)12-20(11-10-19(6)7)9-8-16(5,15(17)21)18-14(3)4/h13-14,18H,8-12H2,1-7H3,(H2,17,21). The molecule has 1 amide bonds. The number of hydrogen-bond acceptors (Lipinski definition) is 4. The van der Waals surface area contributed by atoms with E-state index in [1.165, 1.54) is 0 Å². The number of primary amides is 1. The second-order valence-corrected chi connectivity index (χ2v) is 7.24. The van der Waals surface area contributed by atoms with Crippen molar-refractivity contribution in [2.45, 2.75) is 52.6 Å². The molecule has 0 heterocycles. The first-order valence-corrected chi connectivity index (χ1v) is 8.01. The van der Waals surface area contributed by atoms with E-state index in [4.69, 9.17) is 5.73 Å². The third-order valence-corrected chi connectivity index (χ3v) is 3.57. The second kappa shape index (κ2) is 9.38. The molecule has 0 aliphatic rings. The van der Waals surface area contributed by atoms with Crippen molar-refractivity contribution in [3.63, 3.8) is 0 Å². The number of nitrogens with zero attached hydrogens (tertiary/aromatic N) is 2. The van der Waals surface area contributed by atoms with Gasteiger partial charge in [0.15, 0.2) is 0 Å². The second-order valence-electron chi connectivity index (χ2n) is 7.24. The Balaban J connectivity index is 4.62. The van der Waals surface area contributed by atoms with Crippen LogP contribution in [0.2, 0.25) is 0 Å². The van der Waals surface area contributed by atoms with Gasteiger partial charge in [-0.1, -0.05) is 13.8 Å². The third-order valence-electron chi connectivity index (χ3n) is 3.57. The van der Waals surface area contributed by atoms with Crippen LogP contribution in [-0.2, 0) is 4.79 Å². The van der Waals surface area contributed by atoms with Crippen molar-refractivity contribution in [2.24, 2.45) is 11.7 Å². The Bertz CT molecular complexity index is 305. The zero-order chi connectivity index (χ0) is 16.6. The highest BCUT2D eigenvalue weighted by molar-refractivity contribution is 5.84. The number of carbonyl (C=O) groups is 1. The van der Waals surface area contributed by atoms with Crippen LogP contribution in [0, 0.1) is 5.92 Å². The fourth-order valence-electron chi connectivity index (χ4n) is 2.44. The van der Waals surface area contributed by atoms with Crippen LogP contribution < -0.4 is 11.1 Å². The molecule has 0 spiro atoms. The summed E-state index contributed by atoms with van der Waals surface area (Å²) in [6, 6.07) is 0.239. The molecule has 0 aliphatic heterocycles. The van der Waals surface area contributed by atoms with Gasteiger partial charge in [-0.3, -0.25) is 4.79 Å². The van der Waals surface area contributed by atoms with Gasteiger partial charge in [0.25, 0.3) is 0 Å². The molecule has 0 rings (SSSR count). The maximum atomic E-state index is 11.8. The van der Waals surface area contributed by atoms with E-state index in [0.717, 1.165) is 32.6 Å². The Morgan fingerprint density at radius 2 is 1.71 bits per heavy atom. The van der Waals surface area contributed by atoms with Crippen LogP contribution in [0.3, 0.4) is 0 Å². The van der Waals surface area contributed by atoms with Crippen LogP contribution in [0.4, 0.5) is 0 Å². The van der Waals surface area contributed by atoms with E-state index in [9.17, 15) is 4.79 Å². The average molecular weight is 300 g/mol. The summed E-state index contributed by atoms with van der Waals surface area (Å²) < 4.78 is 0. The van der Waals surface area contributed by atoms with E-state index in [-0.39, 0.29) is 11.9 Å². The summed E-state index contributed by atoms with van der Waals surface area (Å²) in [5.41, 5.74) is 4.96. The van der Waals surface area contributed by atoms with E-state index in [1.807, 2.05) is 20.8 Å². The highest BCUT2D eigenvalue weighted by atomic mass is 16.1. The van der Waals surface area contributed by atoms with E-state index in [1.54, 1.807) is 0 Å². The lowest BCUT2D eigenvalue weighted by Crippen LogP contribution is -2.57. The summed E-state index contributed by atoms with van der Waals surface area (Å²) in [5.74, 6) is 0.346. The van der Waals surface area contributed by atoms with Crippen LogP contribution in [0.25, 0.3) is 0 Å². The lowest BCUT2D eigenvalue weighted by molar-refractivity contribution is -0.124. The highest BCUT2D eigenvalue weighted by Gasteiger charge is 2.31. The summed E-state index contributed by atoms with van der Waals surface area (Å²) in [4.78, 5) is 16.4. The van der Waals surface area contributed by atoms with Crippen molar-refractivity contribution in [2.75, 3.05) is 40.3 Å². The molecule has 21 heavy (non-hydrogen) atoms. The van der Waals surface area contributed by atoms with Crippen LogP contribution in [0.5, 0.6) is 0 Å². The number of amides is 1. The minimum absolute atomic E-state index is 0.239. The van der Waals surface area contributed by atoms with Crippen molar-refractivity contribution in [3.8, 4) is 0 Å². The summed E-state index contributed by atoms with van der Waals surface area (Å²) >= 11 is 0. The first-order chi connectivity index (χ1) is 9.56. The van der Waals surface area contributed by atoms with Gasteiger partial charge in [-0.25, -0.2) is 0 Å². The third kappa shape index (κ3) is 9.06. The van der Waals surface area contributed by atoms with Crippen molar-refractivity contribution < 1.29 is 4.79 Å². The van der Waals surface area contributed by atoms with Gasteiger partial charge >= 0.3 is 0 Å². The molecule has 0 saturated carbocycles. The number of likely N-dealkylation sites (N-methyl/N-ethyl adjacent to an activating group) is 1. The molecule has 0 aromatic heterocycles. The zero-order valence-corrected chi connectivity index (χ0v) is 15.1. The molecule has 0 aromatic rings. The van der Waals surface area contributed by atoms with Gasteiger partial charge in [0, 0.05) is 32.2 Å². The van der Waals surface area contributed by atoms with Gasteiger partial charge in [0.2, 0.25) is 5.91 Å². The fourth-order valence-corrected chi connectivity index (χ4v) is 2.44.